The summed E-state index contributed by atoms with van der Waals surface area (Å²) >= 11 is 0. The molecule has 0 radical (unpaired) electrons. The Kier molecular flexibility index (Phi) is 5.25. The number of likely N-dealkylation sites (tertiary alicyclic amines) is 1. The molecular weight excluding hydrogens is 412 g/mol. The van der Waals surface area contributed by atoms with Crippen molar-refractivity contribution in [1.29, 1.82) is 5.26 Å². The minimum absolute atomic E-state index is 0.0294. The monoisotopic (exact) mass is 442 g/mol. The second-order valence-electron chi connectivity index (χ2n) is 10.1. The van der Waals surface area contributed by atoms with Crippen LogP contribution in [0, 0.1) is 30.6 Å². The molecule has 5 rings (SSSR count). The molecule has 1 amide bonds. The lowest BCUT2D eigenvalue weighted by Gasteiger charge is -2.40. The molecule has 3 heterocycles. The number of amides is 1. The van der Waals surface area contributed by atoms with E-state index in [1.54, 1.807) is 0 Å². The van der Waals surface area contributed by atoms with Gasteiger partial charge in [0.05, 0.1) is 42.3 Å². The number of nitrogens with zero attached hydrogens (tertiary/aromatic N) is 3. The smallest absolute Gasteiger partial charge is 0.254 e. The first-order valence-electron chi connectivity index (χ1n) is 11.6. The van der Waals surface area contributed by atoms with Crippen LogP contribution in [0.3, 0.4) is 0 Å². The van der Waals surface area contributed by atoms with Gasteiger partial charge in [-0.25, -0.2) is 0 Å². The summed E-state index contributed by atoms with van der Waals surface area (Å²) in [5.74, 6) is 1.43. The van der Waals surface area contributed by atoms with Crippen LogP contribution in [0.1, 0.15) is 64.0 Å². The summed E-state index contributed by atoms with van der Waals surface area (Å²) in [6, 6.07) is 14.2. The fourth-order valence-electron chi connectivity index (χ4n) is 5.09. The van der Waals surface area contributed by atoms with Crippen LogP contribution < -0.4 is 5.32 Å². The van der Waals surface area contributed by atoms with Gasteiger partial charge in [-0.3, -0.25) is 9.79 Å². The molecule has 1 N–H and O–H groups in total. The van der Waals surface area contributed by atoms with Crippen molar-refractivity contribution in [3.05, 3.63) is 69.8 Å². The van der Waals surface area contributed by atoms with Gasteiger partial charge >= 0.3 is 0 Å². The summed E-state index contributed by atoms with van der Waals surface area (Å²) in [5, 5.41) is 12.6. The zero-order valence-electron chi connectivity index (χ0n) is 19.7. The largest absolute Gasteiger partial charge is 0.379 e. The maximum absolute atomic E-state index is 13.4. The van der Waals surface area contributed by atoms with Crippen LogP contribution in [-0.2, 0) is 4.74 Å². The van der Waals surface area contributed by atoms with Gasteiger partial charge in [0, 0.05) is 24.6 Å². The predicted molar refractivity (Wildman–Crippen MR) is 127 cm³/mol. The number of carbonyl (C=O) groups is 1. The zero-order chi connectivity index (χ0) is 23.3. The Morgan fingerprint density at radius 2 is 1.88 bits per heavy atom. The van der Waals surface area contributed by atoms with Gasteiger partial charge in [-0.2, -0.15) is 5.26 Å². The van der Waals surface area contributed by atoms with Gasteiger partial charge in [-0.05, 0) is 68.1 Å². The molecular formula is C27H30N4O2. The first-order valence-corrected chi connectivity index (χ1v) is 11.6. The van der Waals surface area contributed by atoms with E-state index in [-0.39, 0.29) is 23.4 Å². The van der Waals surface area contributed by atoms with Crippen molar-refractivity contribution in [2.45, 2.75) is 45.7 Å². The summed E-state index contributed by atoms with van der Waals surface area (Å²) in [6.07, 6.45) is 0. The number of amidine groups is 1. The normalized spacial score (nSPS) is 23.7. The van der Waals surface area contributed by atoms with Crippen LogP contribution in [0.4, 0.5) is 0 Å². The van der Waals surface area contributed by atoms with Crippen molar-refractivity contribution in [1.82, 2.24) is 10.2 Å². The Morgan fingerprint density at radius 3 is 2.48 bits per heavy atom. The van der Waals surface area contributed by atoms with E-state index in [9.17, 15) is 4.79 Å². The predicted octanol–water partition coefficient (Wildman–Crippen LogP) is 3.88. The summed E-state index contributed by atoms with van der Waals surface area (Å²) < 4.78 is 5.43. The molecule has 2 aromatic carbocycles. The Bertz CT molecular complexity index is 1170. The van der Waals surface area contributed by atoms with Gasteiger partial charge in [0.1, 0.15) is 5.84 Å². The van der Waals surface area contributed by atoms with Crippen molar-refractivity contribution < 1.29 is 9.53 Å². The van der Waals surface area contributed by atoms with E-state index in [4.69, 9.17) is 15.0 Å². The first-order chi connectivity index (χ1) is 15.8. The number of nitriles is 1. The molecule has 2 aromatic rings. The van der Waals surface area contributed by atoms with Gasteiger partial charge in [0.25, 0.3) is 5.91 Å². The fraction of sp³-hybridized carbons (Fsp3) is 0.444. The summed E-state index contributed by atoms with van der Waals surface area (Å²) in [6.45, 7) is 11.3. The third-order valence-corrected chi connectivity index (χ3v) is 7.38. The second kappa shape index (κ2) is 8.00. The van der Waals surface area contributed by atoms with E-state index in [1.807, 2.05) is 36.1 Å². The number of aryl methyl sites for hydroxylation is 2. The molecule has 0 aliphatic carbocycles. The standard InChI is InChI=1S/C27H30N4O2/c1-16-9-17(2)23(10-22(16)24-18(3)29-26(30-24)27(4)14-33-15-27)25(32)31-12-21(13-31)20-7-5-19(11-28)6-8-20/h5-10,18,21,24H,12-15H2,1-4H3,(H,29,30). The number of benzene rings is 2. The highest BCUT2D eigenvalue weighted by molar-refractivity contribution is 5.97. The quantitative estimate of drug-likeness (QED) is 0.779. The number of aliphatic imine (C=N–C) groups is 1. The molecule has 0 spiro atoms. The highest BCUT2D eigenvalue weighted by atomic mass is 16.5. The van der Waals surface area contributed by atoms with Crippen LogP contribution in [0.25, 0.3) is 0 Å². The maximum Gasteiger partial charge on any atom is 0.254 e. The molecule has 2 saturated heterocycles. The topological polar surface area (TPSA) is 77.7 Å². The molecule has 0 aromatic heterocycles. The Hall–Kier alpha value is -3.17. The number of ether oxygens (including phenoxy) is 1. The second-order valence-corrected chi connectivity index (χ2v) is 10.1. The summed E-state index contributed by atoms with van der Waals surface area (Å²) in [5.41, 5.74) is 5.92. The van der Waals surface area contributed by atoms with E-state index in [2.05, 4.69) is 44.3 Å². The first kappa shape index (κ1) is 21.7. The van der Waals surface area contributed by atoms with Gasteiger partial charge < -0.3 is 15.0 Å². The number of hydrogen-bond donors (Lipinski definition) is 1. The lowest BCUT2D eigenvalue weighted by atomic mass is 9.86. The molecule has 33 heavy (non-hydrogen) atoms. The van der Waals surface area contributed by atoms with Crippen molar-refractivity contribution in [2.75, 3.05) is 26.3 Å². The van der Waals surface area contributed by atoms with E-state index >= 15 is 0 Å². The van der Waals surface area contributed by atoms with Gasteiger partial charge in [0.2, 0.25) is 0 Å². The van der Waals surface area contributed by atoms with E-state index < -0.39 is 0 Å². The molecule has 2 fully saturated rings. The molecule has 6 nitrogen and oxygen atoms in total. The molecule has 3 aliphatic heterocycles. The number of nitrogens with one attached hydrogen (secondary N) is 1. The van der Waals surface area contributed by atoms with Gasteiger partial charge in [-0.1, -0.05) is 18.2 Å². The van der Waals surface area contributed by atoms with E-state index in [0.29, 0.717) is 37.8 Å². The average Bonchev–Trinajstić information content (AvgIpc) is 3.13. The molecule has 6 heteroatoms. The molecule has 0 bridgehead atoms. The van der Waals surface area contributed by atoms with Gasteiger partial charge in [0.15, 0.2) is 0 Å². The molecule has 0 saturated carbocycles. The average molecular weight is 443 g/mol. The van der Waals surface area contributed by atoms with Gasteiger partial charge in [-0.15, -0.1) is 0 Å². The lowest BCUT2D eigenvalue weighted by molar-refractivity contribution is -0.0599. The van der Waals surface area contributed by atoms with E-state index in [0.717, 1.165) is 22.5 Å². The SMILES string of the molecule is Cc1cc(C)c(C2NC(C3(C)COC3)=NC2C)cc1C(=O)N1CC(c2ccc(C#N)cc2)C1. The van der Waals surface area contributed by atoms with Crippen molar-refractivity contribution >= 4 is 11.7 Å². The Morgan fingerprint density at radius 1 is 1.18 bits per heavy atom. The van der Waals surface area contributed by atoms with Crippen molar-refractivity contribution in [2.24, 2.45) is 10.4 Å². The minimum atomic E-state index is -0.0294. The minimum Gasteiger partial charge on any atom is -0.379 e. The van der Waals surface area contributed by atoms with Crippen LogP contribution in [0.2, 0.25) is 0 Å². The Labute approximate surface area is 195 Å². The summed E-state index contributed by atoms with van der Waals surface area (Å²) in [4.78, 5) is 20.2. The highest BCUT2D eigenvalue weighted by Crippen LogP contribution is 2.36. The fourth-order valence-corrected chi connectivity index (χ4v) is 5.09. The maximum atomic E-state index is 13.4. The molecule has 3 aliphatic rings. The van der Waals surface area contributed by atoms with Crippen LogP contribution in [0.5, 0.6) is 0 Å². The van der Waals surface area contributed by atoms with E-state index in [1.165, 1.54) is 11.1 Å². The highest BCUT2D eigenvalue weighted by Gasteiger charge is 2.44. The van der Waals surface area contributed by atoms with Crippen LogP contribution in [0.15, 0.2) is 41.4 Å². The lowest BCUT2D eigenvalue weighted by Crippen LogP contribution is -2.51. The number of rotatable bonds is 4. The Balaban J connectivity index is 1.32. The number of hydrogen-bond acceptors (Lipinski definition) is 5. The summed E-state index contributed by atoms with van der Waals surface area (Å²) in [7, 11) is 0. The van der Waals surface area contributed by atoms with Crippen molar-refractivity contribution in [3.63, 3.8) is 0 Å². The number of carbonyl (C=O) groups excluding carboxylic acids is 1. The van der Waals surface area contributed by atoms with Crippen LogP contribution >= 0.6 is 0 Å². The van der Waals surface area contributed by atoms with Crippen LogP contribution in [-0.4, -0.2) is 49.0 Å². The zero-order valence-corrected chi connectivity index (χ0v) is 19.7. The van der Waals surface area contributed by atoms with Crippen molar-refractivity contribution in [3.8, 4) is 6.07 Å². The molecule has 2 atom stereocenters. The molecule has 2 unspecified atom stereocenters. The third-order valence-electron chi connectivity index (χ3n) is 7.38. The third kappa shape index (κ3) is 3.71. The molecule has 170 valence electrons.